The maximum Gasteiger partial charge on any atom is 0.255 e. The summed E-state index contributed by atoms with van der Waals surface area (Å²) in [5.41, 5.74) is 0.205. The molecule has 1 amide bonds. The van der Waals surface area contributed by atoms with Crippen molar-refractivity contribution in [3.63, 3.8) is 0 Å². The number of halogens is 1. The van der Waals surface area contributed by atoms with Crippen LogP contribution in [0.4, 0.5) is 10.2 Å². The van der Waals surface area contributed by atoms with Crippen molar-refractivity contribution in [1.82, 2.24) is 10.3 Å². The number of carbonyl (C=O) groups is 1. The number of nitrogens with zero attached hydrogens (tertiary/aromatic N) is 1. The summed E-state index contributed by atoms with van der Waals surface area (Å²) in [6.45, 7) is 2.53. The van der Waals surface area contributed by atoms with Gasteiger partial charge >= 0.3 is 0 Å². The average molecular weight is 253 g/mol. The molecule has 6 heteroatoms. The monoisotopic (exact) mass is 253 g/mol. The van der Waals surface area contributed by atoms with Crippen molar-refractivity contribution >= 4 is 11.7 Å². The Balaban J connectivity index is 2.15. The Bertz CT molecular complexity index is 453. The van der Waals surface area contributed by atoms with E-state index in [1.54, 1.807) is 7.05 Å². The van der Waals surface area contributed by atoms with Crippen molar-refractivity contribution < 1.29 is 13.9 Å². The molecule has 1 fully saturated rings. The lowest BCUT2D eigenvalue weighted by molar-refractivity contribution is 0.0866. The highest BCUT2D eigenvalue weighted by molar-refractivity contribution is 5.98. The van der Waals surface area contributed by atoms with Crippen LogP contribution in [0.15, 0.2) is 12.3 Å². The molecule has 1 aliphatic rings. The standard InChI is InChI=1S/C12H16FN3O2/c1-7-10(3-4-18-7)16-12(17)9-5-8(13)6-15-11(9)14-2/h5-7,10H,3-4H2,1-2H3,(H,14,15)(H,16,17). The summed E-state index contributed by atoms with van der Waals surface area (Å²) < 4.78 is 18.5. The predicted molar refractivity (Wildman–Crippen MR) is 65.0 cm³/mol. The van der Waals surface area contributed by atoms with Crippen LogP contribution in [0, 0.1) is 5.82 Å². The quantitative estimate of drug-likeness (QED) is 0.848. The van der Waals surface area contributed by atoms with Crippen LogP contribution < -0.4 is 10.6 Å². The zero-order chi connectivity index (χ0) is 13.1. The van der Waals surface area contributed by atoms with Gasteiger partial charge in [0.2, 0.25) is 0 Å². The molecule has 1 saturated heterocycles. The Labute approximate surface area is 105 Å². The topological polar surface area (TPSA) is 63.2 Å². The van der Waals surface area contributed by atoms with Crippen LogP contribution in [0.3, 0.4) is 0 Å². The summed E-state index contributed by atoms with van der Waals surface area (Å²) in [5, 5.41) is 5.61. The Morgan fingerprint density at radius 1 is 1.61 bits per heavy atom. The third kappa shape index (κ3) is 2.59. The second kappa shape index (κ2) is 5.30. The number of aromatic nitrogens is 1. The number of pyridine rings is 1. The van der Waals surface area contributed by atoms with Crippen LogP contribution in [0.1, 0.15) is 23.7 Å². The van der Waals surface area contributed by atoms with Crippen molar-refractivity contribution in [2.75, 3.05) is 19.0 Å². The first kappa shape index (κ1) is 12.8. The third-order valence-electron chi connectivity index (χ3n) is 3.03. The number of rotatable bonds is 3. The third-order valence-corrected chi connectivity index (χ3v) is 3.03. The Morgan fingerprint density at radius 3 is 3.00 bits per heavy atom. The molecule has 0 spiro atoms. The molecule has 2 N–H and O–H groups in total. The van der Waals surface area contributed by atoms with Crippen molar-refractivity contribution in [3.8, 4) is 0 Å². The molecule has 98 valence electrons. The first-order valence-corrected chi connectivity index (χ1v) is 5.87. The maximum absolute atomic E-state index is 13.1. The second-order valence-corrected chi connectivity index (χ2v) is 4.24. The molecule has 2 rings (SSSR count). The minimum Gasteiger partial charge on any atom is -0.376 e. The first-order chi connectivity index (χ1) is 8.61. The Hall–Kier alpha value is -1.69. The molecule has 0 radical (unpaired) electrons. The number of carbonyl (C=O) groups excluding carboxylic acids is 1. The number of hydrogen-bond acceptors (Lipinski definition) is 4. The molecule has 18 heavy (non-hydrogen) atoms. The molecule has 5 nitrogen and oxygen atoms in total. The van der Waals surface area contributed by atoms with Crippen molar-refractivity contribution in [3.05, 3.63) is 23.6 Å². The number of nitrogens with one attached hydrogen (secondary N) is 2. The lowest BCUT2D eigenvalue weighted by atomic mass is 10.1. The highest BCUT2D eigenvalue weighted by Gasteiger charge is 2.27. The molecule has 0 saturated carbocycles. The molecule has 0 aliphatic carbocycles. The van der Waals surface area contributed by atoms with Crippen LogP contribution in [-0.4, -0.2) is 36.7 Å². The summed E-state index contributed by atoms with van der Waals surface area (Å²) in [5.74, 6) is -0.510. The molecule has 2 atom stereocenters. The molecule has 1 aliphatic heterocycles. The summed E-state index contributed by atoms with van der Waals surface area (Å²) in [4.78, 5) is 15.9. The minimum atomic E-state index is -0.533. The van der Waals surface area contributed by atoms with Crippen LogP contribution in [0.25, 0.3) is 0 Å². The second-order valence-electron chi connectivity index (χ2n) is 4.24. The van der Waals surface area contributed by atoms with E-state index in [0.717, 1.165) is 12.6 Å². The highest BCUT2D eigenvalue weighted by atomic mass is 19.1. The smallest absolute Gasteiger partial charge is 0.255 e. The SMILES string of the molecule is CNc1ncc(F)cc1C(=O)NC1CCOC1C. The number of anilines is 1. The lowest BCUT2D eigenvalue weighted by Gasteiger charge is -2.17. The fraction of sp³-hybridized carbons (Fsp3) is 0.500. The number of hydrogen-bond donors (Lipinski definition) is 2. The Kier molecular flexibility index (Phi) is 3.76. The van der Waals surface area contributed by atoms with Crippen LogP contribution >= 0.6 is 0 Å². The summed E-state index contributed by atoms with van der Waals surface area (Å²) in [6.07, 6.45) is 1.82. The van der Waals surface area contributed by atoms with Gasteiger partial charge < -0.3 is 15.4 Å². The van der Waals surface area contributed by atoms with E-state index in [2.05, 4.69) is 15.6 Å². The molecule has 0 aromatic carbocycles. The van der Waals surface area contributed by atoms with Gasteiger partial charge in [-0.2, -0.15) is 0 Å². The van der Waals surface area contributed by atoms with Gasteiger partial charge in [0.25, 0.3) is 5.91 Å². The zero-order valence-corrected chi connectivity index (χ0v) is 10.4. The summed E-state index contributed by atoms with van der Waals surface area (Å²) in [7, 11) is 1.64. The van der Waals surface area contributed by atoms with Crippen LogP contribution in [-0.2, 0) is 4.74 Å². The van der Waals surface area contributed by atoms with Gasteiger partial charge in [-0.25, -0.2) is 9.37 Å². The Morgan fingerprint density at radius 2 is 2.39 bits per heavy atom. The number of amides is 1. The van der Waals surface area contributed by atoms with E-state index in [0.29, 0.717) is 12.4 Å². The van der Waals surface area contributed by atoms with Gasteiger partial charge in [-0.05, 0) is 19.4 Å². The van der Waals surface area contributed by atoms with Crippen molar-refractivity contribution in [2.45, 2.75) is 25.5 Å². The minimum absolute atomic E-state index is 0.0199. The normalized spacial score (nSPS) is 22.8. The average Bonchev–Trinajstić information content (AvgIpc) is 2.75. The largest absolute Gasteiger partial charge is 0.376 e. The van der Waals surface area contributed by atoms with Gasteiger partial charge in [0.15, 0.2) is 0 Å². The van der Waals surface area contributed by atoms with Gasteiger partial charge in [-0.3, -0.25) is 4.79 Å². The van der Waals surface area contributed by atoms with E-state index < -0.39 is 5.82 Å². The van der Waals surface area contributed by atoms with Gasteiger partial charge in [0.05, 0.1) is 23.9 Å². The van der Waals surface area contributed by atoms with Crippen LogP contribution in [0.5, 0.6) is 0 Å². The van der Waals surface area contributed by atoms with Gasteiger partial charge in [-0.1, -0.05) is 0 Å². The van der Waals surface area contributed by atoms with Gasteiger partial charge in [-0.15, -0.1) is 0 Å². The van der Waals surface area contributed by atoms with E-state index >= 15 is 0 Å². The molecule has 2 unspecified atom stereocenters. The van der Waals surface area contributed by atoms with Crippen LogP contribution in [0.2, 0.25) is 0 Å². The van der Waals surface area contributed by atoms with Crippen molar-refractivity contribution in [1.29, 1.82) is 0 Å². The fourth-order valence-electron chi connectivity index (χ4n) is 1.98. The lowest BCUT2D eigenvalue weighted by Crippen LogP contribution is -2.39. The molecule has 1 aromatic rings. The van der Waals surface area contributed by atoms with Gasteiger partial charge in [0.1, 0.15) is 11.6 Å². The summed E-state index contributed by atoms with van der Waals surface area (Å²) in [6, 6.07) is 1.14. The van der Waals surface area contributed by atoms with E-state index in [1.165, 1.54) is 6.07 Å². The zero-order valence-electron chi connectivity index (χ0n) is 10.4. The first-order valence-electron chi connectivity index (χ1n) is 5.87. The number of ether oxygens (including phenoxy) is 1. The van der Waals surface area contributed by atoms with Gasteiger partial charge in [0, 0.05) is 13.7 Å². The molecule has 1 aromatic heterocycles. The van der Waals surface area contributed by atoms with E-state index in [4.69, 9.17) is 4.74 Å². The van der Waals surface area contributed by atoms with Crippen molar-refractivity contribution in [2.24, 2.45) is 0 Å². The molecule has 2 heterocycles. The summed E-state index contributed by atoms with van der Waals surface area (Å²) >= 11 is 0. The predicted octanol–water partition coefficient (Wildman–Crippen LogP) is 1.17. The molecular weight excluding hydrogens is 237 g/mol. The van der Waals surface area contributed by atoms with E-state index in [1.807, 2.05) is 6.92 Å². The van der Waals surface area contributed by atoms with E-state index in [9.17, 15) is 9.18 Å². The molecular formula is C12H16FN3O2. The highest BCUT2D eigenvalue weighted by Crippen LogP contribution is 2.16. The molecule has 0 bridgehead atoms. The fourth-order valence-corrected chi connectivity index (χ4v) is 1.98. The maximum atomic E-state index is 13.1. The van der Waals surface area contributed by atoms with E-state index in [-0.39, 0.29) is 23.6 Å².